The largest absolute Gasteiger partial charge is 0.423 e. The molecule has 0 aliphatic carbocycles. The summed E-state index contributed by atoms with van der Waals surface area (Å²) in [6.07, 6.45) is -22.7. The number of carbonyl (C=O) groups is 1. The average Bonchev–Trinajstić information content (AvgIpc) is 2.73. The minimum atomic E-state index is -5.57. The van der Waals surface area contributed by atoms with Crippen LogP contribution in [0.4, 0.5) is 58.4 Å². The number of hydrogen-bond donors (Lipinski definition) is 3. The average molecular weight is 556 g/mol. The molecule has 0 aliphatic rings. The van der Waals surface area contributed by atoms with Crippen LogP contribution >= 0.6 is 0 Å². The molecule has 0 heterocycles. The zero-order chi connectivity index (χ0) is 28.4. The fourth-order valence-corrected chi connectivity index (χ4v) is 3.09. The second-order valence-electron chi connectivity index (χ2n) is 7.73. The number of aliphatic hydroxyl groups is 1. The van der Waals surface area contributed by atoms with E-state index in [4.69, 9.17) is 0 Å². The van der Waals surface area contributed by atoms with Gasteiger partial charge in [0.2, 0.25) is 11.5 Å². The van der Waals surface area contributed by atoms with Gasteiger partial charge in [-0.2, -0.15) is 52.7 Å². The first-order chi connectivity index (χ1) is 16.6. The molecular formula is C21H16F12N2O2. The highest BCUT2D eigenvalue weighted by Gasteiger charge is 2.55. The Bertz CT molecular complexity index is 1110. The third-order valence-electron chi connectivity index (χ3n) is 4.94. The molecule has 0 aromatic heterocycles. The minimum Gasteiger partial charge on any atom is -0.381 e. The van der Waals surface area contributed by atoms with Crippen LogP contribution in [0, 0.1) is 0 Å². The van der Waals surface area contributed by atoms with E-state index < -0.39 is 83.7 Å². The number of alkyl halides is 12. The molecule has 1 amide bonds. The maximum absolute atomic E-state index is 13.7. The Morgan fingerprint density at radius 3 is 1.89 bits per heavy atom. The van der Waals surface area contributed by atoms with Crippen molar-refractivity contribution in [3.8, 4) is 0 Å². The third kappa shape index (κ3) is 7.90. The summed E-state index contributed by atoms with van der Waals surface area (Å²) >= 11 is 0. The number of anilines is 1. The maximum atomic E-state index is 13.7. The van der Waals surface area contributed by atoms with Crippen molar-refractivity contribution in [1.82, 2.24) is 5.32 Å². The van der Waals surface area contributed by atoms with Crippen LogP contribution in [0.25, 0.3) is 0 Å². The van der Waals surface area contributed by atoms with E-state index in [1.807, 2.05) is 5.32 Å². The molecule has 2 aromatic carbocycles. The molecule has 16 heteroatoms. The van der Waals surface area contributed by atoms with Crippen LogP contribution in [0.1, 0.15) is 28.7 Å². The molecule has 0 spiro atoms. The van der Waals surface area contributed by atoms with E-state index in [0.29, 0.717) is 24.3 Å². The zero-order valence-electron chi connectivity index (χ0n) is 18.1. The number of hydrogen-bond acceptors (Lipinski definition) is 3. The lowest BCUT2D eigenvalue weighted by Crippen LogP contribution is -2.48. The van der Waals surface area contributed by atoms with Gasteiger partial charge in [-0.05, 0) is 35.4 Å². The molecule has 0 fully saturated rings. The first kappa shape index (κ1) is 30.1. The van der Waals surface area contributed by atoms with Crippen LogP contribution in [-0.4, -0.2) is 29.9 Å². The highest BCUT2D eigenvalue weighted by molar-refractivity contribution is 5.76. The summed E-state index contributed by atoms with van der Waals surface area (Å²) in [5, 5.41) is 13.8. The standard InChI is InChI=1S/C21H16F12N2O2/c22-18(23,24)8-16(36)34-9-11-4-5-14(7-15(11)20(28,29)30)35-10-17(37,21(31,32)33)12-2-1-3-13(6-12)19(25,26)27/h1-7,35,37H,8-10H2,(H,34,36)/t17-/m0/s1. The van der Waals surface area contributed by atoms with Gasteiger partial charge in [0, 0.05) is 12.2 Å². The summed E-state index contributed by atoms with van der Waals surface area (Å²) < 4.78 is 157. The molecule has 0 bridgehead atoms. The van der Waals surface area contributed by atoms with E-state index in [1.165, 1.54) is 0 Å². The lowest BCUT2D eigenvalue weighted by atomic mass is 9.91. The van der Waals surface area contributed by atoms with Crippen LogP contribution in [0.15, 0.2) is 42.5 Å². The summed E-state index contributed by atoms with van der Waals surface area (Å²) in [6.45, 7) is -2.60. The van der Waals surface area contributed by atoms with Crippen molar-refractivity contribution in [1.29, 1.82) is 0 Å². The zero-order valence-corrected chi connectivity index (χ0v) is 18.1. The van der Waals surface area contributed by atoms with Gasteiger partial charge in [-0.25, -0.2) is 0 Å². The molecule has 37 heavy (non-hydrogen) atoms. The van der Waals surface area contributed by atoms with E-state index in [-0.39, 0.29) is 12.1 Å². The molecular weight excluding hydrogens is 540 g/mol. The molecule has 0 radical (unpaired) electrons. The number of nitrogens with one attached hydrogen (secondary N) is 2. The summed E-state index contributed by atoms with van der Waals surface area (Å²) in [5.41, 5.74) is -9.62. The van der Waals surface area contributed by atoms with Gasteiger partial charge in [-0.15, -0.1) is 0 Å². The van der Waals surface area contributed by atoms with Gasteiger partial charge < -0.3 is 15.7 Å². The Balaban J connectivity index is 2.34. The summed E-state index contributed by atoms with van der Waals surface area (Å²) in [7, 11) is 0. The van der Waals surface area contributed by atoms with Crippen LogP contribution in [-0.2, 0) is 29.3 Å². The molecule has 0 aliphatic heterocycles. The van der Waals surface area contributed by atoms with Gasteiger partial charge in [0.1, 0.15) is 6.42 Å². The number of amides is 1. The monoisotopic (exact) mass is 556 g/mol. The number of carbonyl (C=O) groups excluding carboxylic acids is 1. The molecule has 0 saturated heterocycles. The van der Waals surface area contributed by atoms with E-state index in [2.05, 4.69) is 0 Å². The lowest BCUT2D eigenvalue weighted by molar-refractivity contribution is -0.260. The van der Waals surface area contributed by atoms with Crippen LogP contribution in [0.3, 0.4) is 0 Å². The van der Waals surface area contributed by atoms with Crippen LogP contribution in [0.2, 0.25) is 0 Å². The Hall–Kier alpha value is -3.17. The van der Waals surface area contributed by atoms with Crippen LogP contribution < -0.4 is 10.6 Å². The van der Waals surface area contributed by atoms with Crippen molar-refractivity contribution in [2.75, 3.05) is 11.9 Å². The molecule has 4 nitrogen and oxygen atoms in total. The van der Waals surface area contributed by atoms with E-state index in [1.54, 1.807) is 5.32 Å². The van der Waals surface area contributed by atoms with Gasteiger partial charge in [0.25, 0.3) is 0 Å². The van der Waals surface area contributed by atoms with Crippen molar-refractivity contribution < 1.29 is 62.6 Å². The quantitative estimate of drug-likeness (QED) is 0.359. The fourth-order valence-electron chi connectivity index (χ4n) is 3.09. The first-order valence-electron chi connectivity index (χ1n) is 9.88. The molecule has 206 valence electrons. The van der Waals surface area contributed by atoms with E-state index in [9.17, 15) is 62.6 Å². The Morgan fingerprint density at radius 1 is 0.784 bits per heavy atom. The van der Waals surface area contributed by atoms with Gasteiger partial charge in [-0.1, -0.05) is 18.2 Å². The Kier molecular flexibility index (Phi) is 8.37. The maximum Gasteiger partial charge on any atom is 0.423 e. The van der Waals surface area contributed by atoms with E-state index in [0.717, 1.165) is 6.07 Å². The van der Waals surface area contributed by atoms with Crippen LogP contribution in [0.5, 0.6) is 0 Å². The summed E-state index contributed by atoms with van der Waals surface area (Å²) in [5.74, 6) is -1.63. The van der Waals surface area contributed by atoms with Crippen molar-refractivity contribution in [3.05, 3.63) is 64.7 Å². The summed E-state index contributed by atoms with van der Waals surface area (Å²) in [4.78, 5) is 11.3. The lowest BCUT2D eigenvalue weighted by Gasteiger charge is -2.32. The second-order valence-corrected chi connectivity index (χ2v) is 7.73. The Morgan fingerprint density at radius 2 is 1.38 bits per heavy atom. The van der Waals surface area contributed by atoms with Crippen molar-refractivity contribution in [3.63, 3.8) is 0 Å². The smallest absolute Gasteiger partial charge is 0.381 e. The van der Waals surface area contributed by atoms with Crippen molar-refractivity contribution in [2.24, 2.45) is 0 Å². The first-order valence-corrected chi connectivity index (χ1v) is 9.88. The Labute approximate surface area is 200 Å². The van der Waals surface area contributed by atoms with Crippen molar-refractivity contribution >= 4 is 11.6 Å². The second kappa shape index (κ2) is 10.3. The SMILES string of the molecule is O=C(CC(F)(F)F)NCc1ccc(NC[C@](O)(c2cccc(C(F)(F)F)c2)C(F)(F)F)cc1C(F)(F)F. The highest BCUT2D eigenvalue weighted by atomic mass is 19.4. The minimum absolute atomic E-state index is 0.0447. The molecule has 2 aromatic rings. The molecule has 0 unspecified atom stereocenters. The number of rotatable bonds is 7. The molecule has 2 rings (SSSR count). The predicted octanol–water partition coefficient (Wildman–Crippen LogP) is 6.15. The fraction of sp³-hybridized carbons (Fsp3) is 0.381. The topological polar surface area (TPSA) is 61.4 Å². The third-order valence-corrected chi connectivity index (χ3v) is 4.94. The van der Waals surface area contributed by atoms with Gasteiger partial charge in [-0.3, -0.25) is 4.79 Å². The van der Waals surface area contributed by atoms with Gasteiger partial charge in [0.15, 0.2) is 0 Å². The van der Waals surface area contributed by atoms with E-state index >= 15 is 0 Å². The number of benzene rings is 2. The predicted molar refractivity (Wildman–Crippen MR) is 104 cm³/mol. The molecule has 1 atom stereocenters. The van der Waals surface area contributed by atoms with Gasteiger partial charge in [0.05, 0.1) is 17.7 Å². The van der Waals surface area contributed by atoms with Crippen molar-refractivity contribution in [2.45, 2.75) is 43.3 Å². The highest BCUT2D eigenvalue weighted by Crippen LogP contribution is 2.41. The normalized spacial score (nSPS) is 14.7. The molecule has 0 saturated carbocycles. The summed E-state index contributed by atoms with van der Waals surface area (Å²) in [6, 6.07) is 3.38. The molecule has 3 N–H and O–H groups in total. The number of halogens is 12. The van der Waals surface area contributed by atoms with Gasteiger partial charge >= 0.3 is 24.7 Å².